The summed E-state index contributed by atoms with van der Waals surface area (Å²) in [6, 6.07) is 19.1. The highest BCUT2D eigenvalue weighted by Crippen LogP contribution is 2.28. The van der Waals surface area contributed by atoms with Crippen molar-refractivity contribution in [3.8, 4) is 17.0 Å². The summed E-state index contributed by atoms with van der Waals surface area (Å²) < 4.78 is 5.33. The highest BCUT2D eigenvalue weighted by atomic mass is 16.5. The van der Waals surface area contributed by atoms with Gasteiger partial charge in [0.1, 0.15) is 11.4 Å². The Morgan fingerprint density at radius 2 is 1.89 bits per heavy atom. The quantitative estimate of drug-likeness (QED) is 0.517. The molecule has 0 unspecified atom stereocenters. The largest absolute Gasteiger partial charge is 0.496 e. The van der Waals surface area contributed by atoms with Gasteiger partial charge >= 0.3 is 0 Å². The summed E-state index contributed by atoms with van der Waals surface area (Å²) >= 11 is 0. The minimum atomic E-state index is -0.368. The average Bonchev–Trinajstić information content (AvgIpc) is 3.19. The van der Waals surface area contributed by atoms with Crippen molar-refractivity contribution in [1.29, 1.82) is 0 Å². The number of para-hydroxylation sites is 1. The number of ether oxygens (including phenoxy) is 1. The second-order valence-corrected chi connectivity index (χ2v) is 5.87. The van der Waals surface area contributed by atoms with Gasteiger partial charge in [-0.3, -0.25) is 9.89 Å². The lowest BCUT2D eigenvalue weighted by atomic mass is 10.1. The van der Waals surface area contributed by atoms with Crippen LogP contribution < -0.4 is 10.2 Å². The van der Waals surface area contributed by atoms with Gasteiger partial charge in [-0.1, -0.05) is 48.5 Å². The van der Waals surface area contributed by atoms with Gasteiger partial charge in [-0.2, -0.15) is 10.2 Å². The molecule has 0 atom stereocenters. The minimum Gasteiger partial charge on any atom is -0.496 e. The van der Waals surface area contributed by atoms with Crippen molar-refractivity contribution in [3.05, 3.63) is 77.5 Å². The molecule has 0 saturated heterocycles. The molecular weight excluding hydrogens is 340 g/mol. The Hall–Kier alpha value is -3.67. The first-order valence-electron chi connectivity index (χ1n) is 8.43. The van der Waals surface area contributed by atoms with Crippen molar-refractivity contribution in [1.82, 2.24) is 15.6 Å². The normalized spacial score (nSPS) is 11.6. The maximum Gasteiger partial charge on any atom is 0.289 e. The number of carbonyl (C=O) groups is 1. The number of carbonyl (C=O) groups excluding carboxylic acids is 1. The fourth-order valence-corrected chi connectivity index (χ4v) is 2.53. The number of hydrogen-bond donors (Lipinski definition) is 2. The molecule has 0 radical (unpaired) electrons. The Balaban J connectivity index is 1.65. The molecular formula is C21H20N4O2. The average molecular weight is 360 g/mol. The third-order valence-electron chi connectivity index (χ3n) is 3.83. The Kier molecular flexibility index (Phi) is 5.79. The van der Waals surface area contributed by atoms with Crippen LogP contribution in [0.2, 0.25) is 0 Å². The number of methoxy groups -OCH3 is 1. The second-order valence-electron chi connectivity index (χ2n) is 5.87. The van der Waals surface area contributed by atoms with Gasteiger partial charge in [0.05, 0.1) is 19.0 Å². The van der Waals surface area contributed by atoms with Crippen LogP contribution in [-0.2, 0) is 0 Å². The number of hydrogen-bond acceptors (Lipinski definition) is 4. The van der Waals surface area contributed by atoms with Gasteiger partial charge in [-0.15, -0.1) is 0 Å². The van der Waals surface area contributed by atoms with E-state index in [1.165, 1.54) is 0 Å². The van der Waals surface area contributed by atoms with Crippen LogP contribution in [0.15, 0.2) is 71.3 Å². The van der Waals surface area contributed by atoms with Crippen LogP contribution in [-0.4, -0.2) is 29.4 Å². The monoisotopic (exact) mass is 360 g/mol. The van der Waals surface area contributed by atoms with Crippen molar-refractivity contribution in [2.24, 2.45) is 5.10 Å². The van der Waals surface area contributed by atoms with Crippen molar-refractivity contribution < 1.29 is 9.53 Å². The van der Waals surface area contributed by atoms with E-state index in [1.54, 1.807) is 19.4 Å². The number of amides is 1. The molecule has 0 fully saturated rings. The highest BCUT2D eigenvalue weighted by Gasteiger charge is 2.13. The van der Waals surface area contributed by atoms with E-state index in [1.807, 2.05) is 67.6 Å². The Bertz CT molecular complexity index is 975. The molecule has 3 aromatic rings. The van der Waals surface area contributed by atoms with Crippen LogP contribution in [0.4, 0.5) is 0 Å². The van der Waals surface area contributed by atoms with Gasteiger partial charge < -0.3 is 4.74 Å². The molecule has 0 spiro atoms. The summed E-state index contributed by atoms with van der Waals surface area (Å²) in [7, 11) is 1.60. The number of nitrogens with one attached hydrogen (secondary N) is 2. The predicted molar refractivity (Wildman–Crippen MR) is 107 cm³/mol. The van der Waals surface area contributed by atoms with Gasteiger partial charge in [0, 0.05) is 5.56 Å². The molecule has 1 aromatic heterocycles. The van der Waals surface area contributed by atoms with Gasteiger partial charge in [0.2, 0.25) is 0 Å². The van der Waals surface area contributed by atoms with Crippen LogP contribution in [0.25, 0.3) is 17.3 Å². The molecule has 0 aliphatic heterocycles. The van der Waals surface area contributed by atoms with Crippen LogP contribution in [0.3, 0.4) is 0 Å². The molecule has 0 saturated carbocycles. The lowest BCUT2D eigenvalue weighted by molar-refractivity contribution is 0.0950. The first-order valence-corrected chi connectivity index (χ1v) is 8.43. The molecule has 6 heteroatoms. The zero-order valence-electron chi connectivity index (χ0n) is 15.1. The zero-order chi connectivity index (χ0) is 19.1. The summed E-state index contributed by atoms with van der Waals surface area (Å²) in [5, 5.41) is 10.9. The number of rotatable bonds is 6. The summed E-state index contributed by atoms with van der Waals surface area (Å²) in [4.78, 5) is 12.2. The van der Waals surface area contributed by atoms with Crippen molar-refractivity contribution in [2.75, 3.05) is 7.11 Å². The molecule has 0 aliphatic carbocycles. The number of hydrazone groups is 1. The Morgan fingerprint density at radius 3 is 2.67 bits per heavy atom. The van der Waals surface area contributed by atoms with E-state index in [0.717, 1.165) is 16.7 Å². The summed E-state index contributed by atoms with van der Waals surface area (Å²) in [5.74, 6) is 0.322. The standard InChI is InChI=1S/C21H20N4O2/c1-15(12-16-8-4-3-5-9-16)14-22-25-21(26)19-13-18(23-24-19)17-10-6-7-11-20(17)27-2/h3-14H,1-2H3,(H,23,24)(H,25,26). The van der Waals surface area contributed by atoms with Crippen LogP contribution in [0.1, 0.15) is 23.0 Å². The topological polar surface area (TPSA) is 79.4 Å². The first kappa shape index (κ1) is 18.1. The molecule has 1 amide bonds. The summed E-state index contributed by atoms with van der Waals surface area (Å²) in [6.07, 6.45) is 3.58. The third kappa shape index (κ3) is 4.70. The fraction of sp³-hybridized carbons (Fsp3) is 0.0952. The highest BCUT2D eigenvalue weighted by molar-refractivity contribution is 5.94. The van der Waals surface area contributed by atoms with Gasteiger partial charge in [-0.25, -0.2) is 5.43 Å². The van der Waals surface area contributed by atoms with Crippen molar-refractivity contribution in [2.45, 2.75) is 6.92 Å². The molecule has 2 N–H and O–H groups in total. The number of aromatic nitrogens is 2. The minimum absolute atomic E-state index is 0.317. The first-order chi connectivity index (χ1) is 13.2. The molecule has 0 bridgehead atoms. The molecule has 3 rings (SSSR count). The van der Waals surface area contributed by atoms with E-state index in [4.69, 9.17) is 4.74 Å². The van der Waals surface area contributed by atoms with E-state index in [0.29, 0.717) is 17.1 Å². The van der Waals surface area contributed by atoms with Crippen LogP contribution in [0.5, 0.6) is 5.75 Å². The van der Waals surface area contributed by atoms with Gasteiger partial charge in [-0.05, 0) is 36.3 Å². The van der Waals surface area contributed by atoms with E-state index >= 15 is 0 Å². The van der Waals surface area contributed by atoms with Crippen LogP contribution >= 0.6 is 0 Å². The van der Waals surface area contributed by atoms with Crippen molar-refractivity contribution >= 4 is 18.2 Å². The summed E-state index contributed by atoms with van der Waals surface area (Å²) in [6.45, 7) is 1.92. The predicted octanol–water partition coefficient (Wildman–Crippen LogP) is 3.90. The van der Waals surface area contributed by atoms with Crippen molar-refractivity contribution in [3.63, 3.8) is 0 Å². The smallest absolute Gasteiger partial charge is 0.289 e. The number of H-pyrrole nitrogens is 1. The van der Waals surface area contributed by atoms with Gasteiger partial charge in [0.25, 0.3) is 5.91 Å². The van der Waals surface area contributed by atoms with E-state index in [9.17, 15) is 4.79 Å². The lowest BCUT2D eigenvalue weighted by Gasteiger charge is -2.04. The van der Waals surface area contributed by atoms with Crippen LogP contribution in [0, 0.1) is 0 Å². The van der Waals surface area contributed by atoms with E-state index in [2.05, 4.69) is 20.7 Å². The zero-order valence-corrected chi connectivity index (χ0v) is 15.1. The molecule has 1 heterocycles. The summed E-state index contributed by atoms with van der Waals surface area (Å²) in [5.41, 5.74) is 6.24. The maximum absolute atomic E-state index is 12.2. The number of aromatic amines is 1. The third-order valence-corrected chi connectivity index (χ3v) is 3.83. The Labute approximate surface area is 157 Å². The number of allylic oxidation sites excluding steroid dienone is 1. The molecule has 0 aliphatic rings. The van der Waals surface area contributed by atoms with E-state index < -0.39 is 0 Å². The molecule has 136 valence electrons. The lowest BCUT2D eigenvalue weighted by Crippen LogP contribution is -2.17. The maximum atomic E-state index is 12.2. The molecule has 27 heavy (non-hydrogen) atoms. The second kappa shape index (κ2) is 8.62. The fourth-order valence-electron chi connectivity index (χ4n) is 2.53. The number of benzene rings is 2. The SMILES string of the molecule is COc1ccccc1-c1cc(C(=O)NN=CC(C)=Cc2ccccc2)[nH]n1. The Morgan fingerprint density at radius 1 is 1.15 bits per heavy atom. The van der Waals surface area contributed by atoms with E-state index in [-0.39, 0.29) is 5.91 Å². The number of nitrogens with zero attached hydrogens (tertiary/aromatic N) is 2. The molecule has 2 aromatic carbocycles. The van der Waals surface area contributed by atoms with Gasteiger partial charge in [0.15, 0.2) is 0 Å². The molecule has 6 nitrogen and oxygen atoms in total.